The van der Waals surface area contributed by atoms with E-state index in [2.05, 4.69) is 5.32 Å². The van der Waals surface area contributed by atoms with Crippen LogP contribution in [-0.4, -0.2) is 69.3 Å². The lowest BCUT2D eigenvalue weighted by atomic mass is 10.2. The van der Waals surface area contributed by atoms with Gasteiger partial charge in [0, 0.05) is 42.7 Å². The first-order valence-electron chi connectivity index (χ1n) is 11.9. The number of hydrogen-bond donors (Lipinski definition) is 1. The molecule has 1 atom stereocenters. The number of nitrogens with zero attached hydrogens (tertiary/aromatic N) is 2. The third-order valence-corrected chi connectivity index (χ3v) is 11.3. The monoisotopic (exact) mass is 593 g/mol. The number of carbonyl (C=O) groups is 1. The van der Waals surface area contributed by atoms with Gasteiger partial charge >= 0.3 is 0 Å². The predicted molar refractivity (Wildman–Crippen MR) is 150 cm³/mol. The summed E-state index contributed by atoms with van der Waals surface area (Å²) in [5, 5.41) is 3.47. The van der Waals surface area contributed by atoms with E-state index in [0.717, 1.165) is 9.87 Å². The van der Waals surface area contributed by atoms with Crippen molar-refractivity contribution in [3.05, 3.63) is 95.5 Å². The zero-order valence-corrected chi connectivity index (χ0v) is 23.6. The fourth-order valence-electron chi connectivity index (χ4n) is 4.09. The van der Waals surface area contributed by atoms with Gasteiger partial charge in [-0.1, -0.05) is 66.2 Å². The first-order valence-corrected chi connectivity index (χ1v) is 16.3. The molecule has 1 N–H and O–H groups in total. The maximum absolute atomic E-state index is 13.5. The average Bonchev–Trinajstić information content (AvgIpc) is 2.94. The molecule has 0 radical (unpaired) electrons. The number of sulfonamides is 2. The molecule has 3 aromatic rings. The van der Waals surface area contributed by atoms with Gasteiger partial charge in [-0.15, -0.1) is 0 Å². The molecule has 12 heteroatoms. The van der Waals surface area contributed by atoms with E-state index in [1.807, 2.05) is 24.3 Å². The minimum Gasteiger partial charge on any atom is -0.354 e. The van der Waals surface area contributed by atoms with Gasteiger partial charge in [-0.3, -0.25) is 4.79 Å². The maximum Gasteiger partial charge on any atom is 0.243 e. The van der Waals surface area contributed by atoms with E-state index in [1.165, 1.54) is 28.6 Å². The average molecular weight is 594 g/mol. The Morgan fingerprint density at radius 3 is 2.05 bits per heavy atom. The molecule has 1 amide bonds. The summed E-state index contributed by atoms with van der Waals surface area (Å²) in [6, 6.07) is 22.0. The van der Waals surface area contributed by atoms with Crippen molar-refractivity contribution in [2.45, 2.75) is 21.6 Å². The van der Waals surface area contributed by atoms with Crippen molar-refractivity contribution >= 4 is 49.3 Å². The van der Waals surface area contributed by atoms with Gasteiger partial charge in [0.25, 0.3) is 0 Å². The molecule has 0 spiro atoms. The SMILES string of the molecule is O=C(NCCSCc1ccccc1Cl)C1CN(S(=O)(=O)c2ccccc2)CCN1S(=O)(=O)c1ccccc1. The highest BCUT2D eigenvalue weighted by molar-refractivity contribution is 7.98. The molecule has 1 unspecified atom stereocenters. The zero-order chi connectivity index (χ0) is 27.2. The zero-order valence-electron chi connectivity index (χ0n) is 20.4. The van der Waals surface area contributed by atoms with Crippen LogP contribution in [-0.2, 0) is 30.6 Å². The molecule has 202 valence electrons. The molecule has 1 aliphatic heterocycles. The third kappa shape index (κ3) is 6.59. The first kappa shape index (κ1) is 28.6. The minimum atomic E-state index is -4.03. The lowest BCUT2D eigenvalue weighted by Gasteiger charge is -2.38. The van der Waals surface area contributed by atoms with Crippen LogP contribution in [0.2, 0.25) is 5.02 Å². The van der Waals surface area contributed by atoms with Crippen LogP contribution in [0.15, 0.2) is 94.7 Å². The van der Waals surface area contributed by atoms with Crippen LogP contribution in [0, 0.1) is 0 Å². The smallest absolute Gasteiger partial charge is 0.243 e. The van der Waals surface area contributed by atoms with Gasteiger partial charge in [-0.25, -0.2) is 16.8 Å². The van der Waals surface area contributed by atoms with Gasteiger partial charge in [0.15, 0.2) is 0 Å². The highest BCUT2D eigenvalue weighted by atomic mass is 35.5. The van der Waals surface area contributed by atoms with Crippen molar-refractivity contribution in [2.24, 2.45) is 0 Å². The summed E-state index contributed by atoms with van der Waals surface area (Å²) in [6.45, 7) is -0.222. The summed E-state index contributed by atoms with van der Waals surface area (Å²) in [5.74, 6) is 0.688. The molecule has 0 saturated carbocycles. The number of piperazine rings is 1. The quantitative estimate of drug-likeness (QED) is 0.361. The van der Waals surface area contributed by atoms with E-state index in [1.54, 1.807) is 48.2 Å². The number of benzene rings is 3. The molecule has 3 aromatic carbocycles. The van der Waals surface area contributed by atoms with Gasteiger partial charge < -0.3 is 5.32 Å². The summed E-state index contributed by atoms with van der Waals surface area (Å²) < 4.78 is 55.7. The molecule has 1 aliphatic rings. The number of nitrogens with one attached hydrogen (secondary N) is 1. The molecule has 8 nitrogen and oxygen atoms in total. The fraction of sp³-hybridized carbons (Fsp3) is 0.269. The van der Waals surface area contributed by atoms with Gasteiger partial charge in [0.1, 0.15) is 6.04 Å². The number of thioether (sulfide) groups is 1. The van der Waals surface area contributed by atoms with E-state index in [4.69, 9.17) is 11.6 Å². The molecular weight excluding hydrogens is 566 g/mol. The number of amides is 1. The van der Waals surface area contributed by atoms with E-state index in [9.17, 15) is 21.6 Å². The third-order valence-electron chi connectivity index (χ3n) is 6.09. The topological polar surface area (TPSA) is 104 Å². The fourth-order valence-corrected chi connectivity index (χ4v) is 8.29. The summed E-state index contributed by atoms with van der Waals surface area (Å²) in [5.41, 5.74) is 0.986. The lowest BCUT2D eigenvalue weighted by molar-refractivity contribution is -0.125. The Hall–Kier alpha value is -2.41. The van der Waals surface area contributed by atoms with Crippen molar-refractivity contribution in [2.75, 3.05) is 31.9 Å². The van der Waals surface area contributed by atoms with Crippen molar-refractivity contribution < 1.29 is 21.6 Å². The molecule has 38 heavy (non-hydrogen) atoms. The standard InChI is InChI=1S/C26H28ClN3O5S3/c27-24-14-8-7-9-21(24)20-36-18-15-28-26(31)25-19-29(37(32,33)22-10-3-1-4-11-22)16-17-30(25)38(34,35)23-12-5-2-6-13-23/h1-14,25H,15-20H2,(H,28,31). The van der Waals surface area contributed by atoms with Gasteiger partial charge in [0.05, 0.1) is 9.79 Å². The highest BCUT2D eigenvalue weighted by Crippen LogP contribution is 2.26. The van der Waals surface area contributed by atoms with Gasteiger partial charge in [-0.05, 0) is 35.9 Å². The van der Waals surface area contributed by atoms with E-state index in [-0.39, 0.29) is 36.0 Å². The van der Waals surface area contributed by atoms with Gasteiger partial charge in [0.2, 0.25) is 26.0 Å². The predicted octanol–water partition coefficient (Wildman–Crippen LogP) is 3.45. The molecule has 0 aromatic heterocycles. The highest BCUT2D eigenvalue weighted by Gasteiger charge is 2.43. The summed E-state index contributed by atoms with van der Waals surface area (Å²) in [7, 11) is -7.95. The Kier molecular flexibility index (Phi) is 9.50. The molecular formula is C26H28ClN3O5S3. The summed E-state index contributed by atoms with van der Waals surface area (Å²) in [4.78, 5) is 13.5. The lowest BCUT2D eigenvalue weighted by Crippen LogP contribution is -2.61. The molecule has 1 heterocycles. The Labute approximate surface area is 233 Å². The Morgan fingerprint density at radius 2 is 1.42 bits per heavy atom. The van der Waals surface area contributed by atoms with Crippen LogP contribution >= 0.6 is 23.4 Å². The van der Waals surface area contributed by atoms with Crippen molar-refractivity contribution in [1.29, 1.82) is 0 Å². The Bertz CT molecular complexity index is 1460. The van der Waals surface area contributed by atoms with Crippen molar-refractivity contribution in [1.82, 2.24) is 13.9 Å². The van der Waals surface area contributed by atoms with Crippen LogP contribution in [0.3, 0.4) is 0 Å². The van der Waals surface area contributed by atoms with Crippen LogP contribution in [0.5, 0.6) is 0 Å². The molecule has 4 rings (SSSR count). The molecule has 1 fully saturated rings. The molecule has 0 bridgehead atoms. The number of rotatable bonds is 10. The first-order chi connectivity index (χ1) is 18.2. The second-order valence-corrected chi connectivity index (χ2v) is 13.9. The van der Waals surface area contributed by atoms with E-state index >= 15 is 0 Å². The van der Waals surface area contributed by atoms with Crippen molar-refractivity contribution in [3.63, 3.8) is 0 Å². The number of carbonyl (C=O) groups excluding carboxylic acids is 1. The second kappa shape index (κ2) is 12.6. The Morgan fingerprint density at radius 1 is 0.842 bits per heavy atom. The van der Waals surface area contributed by atoms with Crippen LogP contribution in [0.1, 0.15) is 5.56 Å². The van der Waals surface area contributed by atoms with Crippen LogP contribution in [0.25, 0.3) is 0 Å². The second-order valence-electron chi connectivity index (χ2n) is 8.56. The Balaban J connectivity index is 1.49. The number of hydrogen-bond acceptors (Lipinski definition) is 6. The molecule has 1 saturated heterocycles. The summed E-state index contributed by atoms with van der Waals surface area (Å²) >= 11 is 7.77. The van der Waals surface area contributed by atoms with Gasteiger partial charge in [-0.2, -0.15) is 20.4 Å². The van der Waals surface area contributed by atoms with Crippen LogP contribution < -0.4 is 5.32 Å². The number of halogens is 1. The molecule has 0 aliphatic carbocycles. The van der Waals surface area contributed by atoms with Crippen LogP contribution in [0.4, 0.5) is 0 Å². The summed E-state index contributed by atoms with van der Waals surface area (Å²) in [6.07, 6.45) is 0. The van der Waals surface area contributed by atoms with Crippen molar-refractivity contribution in [3.8, 4) is 0 Å². The van der Waals surface area contributed by atoms with E-state index < -0.39 is 32.0 Å². The minimum absolute atomic E-state index is 0.0486. The van der Waals surface area contributed by atoms with E-state index in [0.29, 0.717) is 16.5 Å². The normalized spacial score (nSPS) is 17.2. The largest absolute Gasteiger partial charge is 0.354 e. The maximum atomic E-state index is 13.5.